The molecule has 1 saturated carbocycles. The maximum absolute atomic E-state index is 11.1. The van der Waals surface area contributed by atoms with E-state index < -0.39 is 4.92 Å². The molecule has 1 aliphatic rings. The van der Waals surface area contributed by atoms with Crippen molar-refractivity contribution in [1.29, 1.82) is 5.26 Å². The molecule has 1 aromatic rings. The average Bonchev–Trinajstić information content (AvgIpc) is 2.47. The Morgan fingerprint density at radius 3 is 2.57 bits per heavy atom. The molecule has 0 aromatic heterocycles. The van der Waals surface area contributed by atoms with Crippen LogP contribution in [0.2, 0.25) is 0 Å². The van der Waals surface area contributed by atoms with E-state index in [0.717, 1.165) is 25.7 Å². The van der Waals surface area contributed by atoms with Crippen LogP contribution in [0, 0.1) is 27.4 Å². The van der Waals surface area contributed by atoms with Crippen LogP contribution in [0.15, 0.2) is 18.2 Å². The highest BCUT2D eigenvalue weighted by Crippen LogP contribution is 2.28. The topological polar surface area (TPSA) is 122 Å². The Morgan fingerprint density at radius 1 is 1.38 bits per heavy atom. The lowest BCUT2D eigenvalue weighted by Gasteiger charge is -2.28. The number of nitrogens with one attached hydrogen (secondary N) is 1. The van der Waals surface area contributed by atoms with Gasteiger partial charge in [-0.25, -0.2) is 0 Å². The number of anilines is 1. The molecule has 1 aliphatic carbocycles. The van der Waals surface area contributed by atoms with Gasteiger partial charge in [-0.2, -0.15) is 5.26 Å². The maximum Gasteiger partial charge on any atom is 0.289 e. The number of rotatable bonds is 4. The number of hydrogen-bond donors (Lipinski definition) is 2. The highest BCUT2D eigenvalue weighted by molar-refractivity contribution is 5.76. The molecule has 0 bridgehead atoms. The Labute approximate surface area is 121 Å². The van der Waals surface area contributed by atoms with E-state index in [1.54, 1.807) is 12.1 Å². The summed E-state index contributed by atoms with van der Waals surface area (Å²) in [5.41, 5.74) is 5.74. The van der Waals surface area contributed by atoms with Crippen molar-refractivity contribution in [3.05, 3.63) is 33.9 Å². The second-order valence-corrected chi connectivity index (χ2v) is 5.20. The average molecular weight is 288 g/mol. The number of nitrogens with two attached hydrogens (primary N) is 1. The molecule has 2 rings (SSSR count). The van der Waals surface area contributed by atoms with E-state index in [2.05, 4.69) is 5.32 Å². The monoisotopic (exact) mass is 288 g/mol. The molecule has 0 heterocycles. The second-order valence-electron chi connectivity index (χ2n) is 5.20. The van der Waals surface area contributed by atoms with Gasteiger partial charge in [-0.3, -0.25) is 14.9 Å². The quantitative estimate of drug-likeness (QED) is 0.647. The van der Waals surface area contributed by atoms with Gasteiger partial charge in [-0.15, -0.1) is 0 Å². The molecule has 7 heteroatoms. The fourth-order valence-electron chi connectivity index (χ4n) is 2.62. The van der Waals surface area contributed by atoms with Gasteiger partial charge in [0.05, 0.1) is 4.92 Å². The van der Waals surface area contributed by atoms with Gasteiger partial charge < -0.3 is 11.1 Å². The van der Waals surface area contributed by atoms with Crippen LogP contribution in [0.25, 0.3) is 0 Å². The van der Waals surface area contributed by atoms with Gasteiger partial charge in [-0.1, -0.05) is 0 Å². The molecule has 0 radical (unpaired) electrons. The number of hydrogen-bond acceptors (Lipinski definition) is 5. The van der Waals surface area contributed by atoms with E-state index in [1.165, 1.54) is 12.1 Å². The van der Waals surface area contributed by atoms with E-state index in [1.807, 2.05) is 0 Å². The zero-order chi connectivity index (χ0) is 15.4. The maximum atomic E-state index is 11.1. The van der Waals surface area contributed by atoms with Crippen LogP contribution < -0.4 is 11.1 Å². The van der Waals surface area contributed by atoms with Gasteiger partial charge in [0.15, 0.2) is 0 Å². The molecule has 0 unspecified atom stereocenters. The lowest BCUT2D eigenvalue weighted by Crippen LogP contribution is -2.32. The van der Waals surface area contributed by atoms with Gasteiger partial charge in [-0.05, 0) is 37.8 Å². The summed E-state index contributed by atoms with van der Waals surface area (Å²) in [6.45, 7) is 0. The molecule has 0 atom stereocenters. The van der Waals surface area contributed by atoms with E-state index >= 15 is 0 Å². The third-order valence-electron chi connectivity index (χ3n) is 3.82. The van der Waals surface area contributed by atoms with Crippen LogP contribution >= 0.6 is 0 Å². The Kier molecular flexibility index (Phi) is 4.38. The molecular formula is C14H16N4O3. The minimum atomic E-state index is -0.562. The van der Waals surface area contributed by atoms with Crippen LogP contribution in [0.1, 0.15) is 31.2 Å². The number of amides is 1. The van der Waals surface area contributed by atoms with Crippen molar-refractivity contribution in [2.75, 3.05) is 5.32 Å². The Morgan fingerprint density at radius 2 is 2.05 bits per heavy atom. The third-order valence-corrected chi connectivity index (χ3v) is 3.82. The lowest BCUT2D eigenvalue weighted by atomic mass is 9.85. The van der Waals surface area contributed by atoms with Gasteiger partial charge in [0, 0.05) is 23.7 Å². The molecule has 3 N–H and O–H groups in total. The highest BCUT2D eigenvalue weighted by Gasteiger charge is 2.25. The summed E-state index contributed by atoms with van der Waals surface area (Å²) < 4.78 is 0. The molecule has 21 heavy (non-hydrogen) atoms. The predicted octanol–water partition coefficient (Wildman–Crippen LogP) is 1.92. The van der Waals surface area contributed by atoms with Crippen molar-refractivity contribution < 1.29 is 9.72 Å². The van der Waals surface area contributed by atoms with Crippen molar-refractivity contribution in [2.24, 2.45) is 11.7 Å². The van der Waals surface area contributed by atoms with Crippen molar-refractivity contribution in [2.45, 2.75) is 31.7 Å². The van der Waals surface area contributed by atoms with Gasteiger partial charge in [0.2, 0.25) is 5.91 Å². The second kappa shape index (κ2) is 6.22. The predicted molar refractivity (Wildman–Crippen MR) is 76.4 cm³/mol. The number of carbonyl (C=O) groups excluding carboxylic acids is 1. The molecule has 1 fully saturated rings. The lowest BCUT2D eigenvalue weighted by molar-refractivity contribution is -0.385. The third kappa shape index (κ3) is 3.48. The molecular weight excluding hydrogens is 272 g/mol. The zero-order valence-electron chi connectivity index (χ0n) is 11.4. The first-order valence-electron chi connectivity index (χ1n) is 6.75. The van der Waals surface area contributed by atoms with Crippen molar-refractivity contribution in [1.82, 2.24) is 0 Å². The number of carbonyl (C=O) groups is 1. The van der Waals surface area contributed by atoms with Crippen LogP contribution in [0.3, 0.4) is 0 Å². The smallest absolute Gasteiger partial charge is 0.289 e. The van der Waals surface area contributed by atoms with Crippen LogP contribution in [-0.4, -0.2) is 16.9 Å². The van der Waals surface area contributed by atoms with E-state index in [0.29, 0.717) is 5.69 Å². The van der Waals surface area contributed by atoms with Crippen molar-refractivity contribution in [3.8, 4) is 6.07 Å². The summed E-state index contributed by atoms with van der Waals surface area (Å²) in [5, 5.41) is 23.0. The van der Waals surface area contributed by atoms with Gasteiger partial charge in [0.1, 0.15) is 11.6 Å². The number of nitro benzene ring substituents is 1. The largest absolute Gasteiger partial charge is 0.382 e. The Balaban J connectivity index is 2.04. The van der Waals surface area contributed by atoms with Gasteiger partial charge >= 0.3 is 0 Å². The molecule has 1 amide bonds. The van der Waals surface area contributed by atoms with Gasteiger partial charge in [0.25, 0.3) is 5.69 Å². The van der Waals surface area contributed by atoms with Crippen LogP contribution in [0.5, 0.6) is 0 Å². The fraction of sp³-hybridized carbons (Fsp3) is 0.429. The number of nitriles is 1. The zero-order valence-corrected chi connectivity index (χ0v) is 11.4. The molecule has 110 valence electrons. The Hall–Kier alpha value is -2.62. The van der Waals surface area contributed by atoms with Crippen LogP contribution in [0.4, 0.5) is 11.4 Å². The first kappa shape index (κ1) is 14.8. The standard InChI is InChI=1S/C14H16N4O3/c15-8-10-3-6-12(7-13(10)18(20)21)17-11-4-1-9(2-5-11)14(16)19/h3,6-7,9,11,17H,1-2,4-5H2,(H2,16,19). The Bertz CT molecular complexity index is 601. The van der Waals surface area contributed by atoms with Crippen molar-refractivity contribution in [3.63, 3.8) is 0 Å². The van der Waals surface area contributed by atoms with E-state index in [9.17, 15) is 14.9 Å². The highest BCUT2D eigenvalue weighted by atomic mass is 16.6. The molecule has 0 aliphatic heterocycles. The number of benzene rings is 1. The molecule has 0 saturated heterocycles. The van der Waals surface area contributed by atoms with Crippen LogP contribution in [-0.2, 0) is 4.79 Å². The molecule has 7 nitrogen and oxygen atoms in total. The summed E-state index contributed by atoms with van der Waals surface area (Å²) in [6, 6.07) is 6.44. The summed E-state index contributed by atoms with van der Waals surface area (Å²) in [6.07, 6.45) is 3.04. The summed E-state index contributed by atoms with van der Waals surface area (Å²) in [5.74, 6) is -0.333. The summed E-state index contributed by atoms with van der Waals surface area (Å²) in [7, 11) is 0. The van der Waals surface area contributed by atoms with E-state index in [4.69, 9.17) is 11.0 Å². The molecule has 1 aromatic carbocycles. The first-order chi connectivity index (χ1) is 10.0. The minimum absolute atomic E-state index is 0.0444. The van der Waals surface area contributed by atoms with E-state index in [-0.39, 0.29) is 29.1 Å². The SMILES string of the molecule is N#Cc1ccc(NC2CCC(C(N)=O)CC2)cc1[N+](=O)[O-]. The summed E-state index contributed by atoms with van der Waals surface area (Å²) in [4.78, 5) is 21.5. The van der Waals surface area contributed by atoms with Crippen molar-refractivity contribution >= 4 is 17.3 Å². The fourth-order valence-corrected chi connectivity index (χ4v) is 2.62. The summed E-state index contributed by atoms with van der Waals surface area (Å²) >= 11 is 0. The number of primary amides is 1. The minimum Gasteiger partial charge on any atom is -0.382 e. The number of nitrogens with zero attached hydrogens (tertiary/aromatic N) is 2. The number of nitro groups is 1. The first-order valence-corrected chi connectivity index (χ1v) is 6.75. The normalized spacial score (nSPS) is 21.3. The molecule has 0 spiro atoms.